The van der Waals surface area contributed by atoms with Crippen LogP contribution in [-0.4, -0.2) is 61.9 Å². The maximum Gasteiger partial charge on any atom is 0.297 e. The summed E-state index contributed by atoms with van der Waals surface area (Å²) in [5.74, 6) is -2.61. The van der Waals surface area contributed by atoms with Crippen molar-refractivity contribution < 1.29 is 31.8 Å². The second-order valence-electron chi connectivity index (χ2n) is 10.3. The van der Waals surface area contributed by atoms with E-state index in [1.165, 1.54) is 36.9 Å². The predicted octanol–water partition coefficient (Wildman–Crippen LogP) is 6.44. The van der Waals surface area contributed by atoms with E-state index in [1.807, 2.05) is 6.92 Å². The number of rotatable bonds is 9. The van der Waals surface area contributed by atoms with Crippen LogP contribution in [0.5, 0.6) is 5.75 Å². The Labute approximate surface area is 258 Å². The highest BCUT2D eigenvalue weighted by Gasteiger charge is 2.30. The number of fused-ring (bicyclic) bond motifs is 2. The van der Waals surface area contributed by atoms with Gasteiger partial charge in [-0.05, 0) is 30.5 Å². The Hall–Kier alpha value is -4.69. The van der Waals surface area contributed by atoms with Crippen molar-refractivity contribution in [2.75, 3.05) is 20.3 Å². The Bertz CT molecular complexity index is 1910. The van der Waals surface area contributed by atoms with Gasteiger partial charge in [0.2, 0.25) is 5.91 Å². The summed E-state index contributed by atoms with van der Waals surface area (Å²) in [7, 11) is 1.48. The molecule has 0 saturated heterocycles. The van der Waals surface area contributed by atoms with Crippen LogP contribution >= 0.6 is 11.3 Å². The summed E-state index contributed by atoms with van der Waals surface area (Å²) in [5, 5.41) is 7.15. The molecule has 45 heavy (non-hydrogen) atoms. The van der Waals surface area contributed by atoms with Gasteiger partial charge in [0.15, 0.2) is 5.82 Å². The van der Waals surface area contributed by atoms with Crippen LogP contribution in [0.2, 0.25) is 0 Å². The molecule has 0 fully saturated rings. The van der Waals surface area contributed by atoms with E-state index >= 15 is 4.39 Å². The Morgan fingerprint density at radius 2 is 1.93 bits per heavy atom. The summed E-state index contributed by atoms with van der Waals surface area (Å²) >= 11 is 1.29. The molecule has 1 unspecified atom stereocenters. The summed E-state index contributed by atoms with van der Waals surface area (Å²) in [6.45, 7) is 6.33. The van der Waals surface area contributed by atoms with Gasteiger partial charge in [-0.1, -0.05) is 6.58 Å². The molecule has 0 aliphatic carbocycles. The van der Waals surface area contributed by atoms with Gasteiger partial charge in [-0.3, -0.25) is 9.48 Å². The van der Waals surface area contributed by atoms with E-state index in [9.17, 15) is 18.0 Å². The monoisotopic (exact) mass is 638 g/mol. The molecule has 0 radical (unpaired) electrons. The fourth-order valence-electron chi connectivity index (χ4n) is 5.32. The Morgan fingerprint density at radius 1 is 1.16 bits per heavy atom. The molecule has 14 heteroatoms. The van der Waals surface area contributed by atoms with Crippen LogP contribution in [-0.2, 0) is 22.6 Å². The number of halogens is 4. The van der Waals surface area contributed by atoms with Crippen molar-refractivity contribution in [1.29, 1.82) is 0 Å². The first-order valence-electron chi connectivity index (χ1n) is 13.8. The van der Waals surface area contributed by atoms with Gasteiger partial charge in [0.1, 0.15) is 35.4 Å². The molecule has 4 aromatic heterocycles. The highest BCUT2D eigenvalue weighted by atomic mass is 32.1. The van der Waals surface area contributed by atoms with E-state index in [0.717, 1.165) is 12.1 Å². The third kappa shape index (κ3) is 5.66. The zero-order valence-corrected chi connectivity index (χ0v) is 25.0. The van der Waals surface area contributed by atoms with Gasteiger partial charge in [0.25, 0.3) is 6.43 Å². The molecule has 1 amide bonds. The van der Waals surface area contributed by atoms with E-state index in [0.29, 0.717) is 44.8 Å². The third-order valence-electron chi connectivity index (χ3n) is 7.43. The number of pyridine rings is 1. The molecule has 0 bridgehead atoms. The lowest BCUT2D eigenvalue weighted by molar-refractivity contribution is -0.129. The van der Waals surface area contributed by atoms with Crippen LogP contribution in [0.15, 0.2) is 54.7 Å². The summed E-state index contributed by atoms with van der Waals surface area (Å²) in [5.41, 5.74) is 2.29. The van der Waals surface area contributed by atoms with E-state index in [4.69, 9.17) is 19.6 Å². The normalized spacial score (nSPS) is 14.6. The molecule has 1 aliphatic rings. The van der Waals surface area contributed by atoms with Gasteiger partial charge >= 0.3 is 0 Å². The second kappa shape index (κ2) is 12.4. The predicted molar refractivity (Wildman–Crippen MR) is 160 cm³/mol. The maximum absolute atomic E-state index is 15.9. The number of methoxy groups -OCH3 is 1. The molecule has 1 aromatic carbocycles. The van der Waals surface area contributed by atoms with Gasteiger partial charge in [-0.2, -0.15) is 5.10 Å². The minimum atomic E-state index is -2.85. The molecule has 1 aliphatic heterocycles. The SMILES string of the molecule is C=CC(=O)N1Cc2cc(-c3nc(-c4cnc(C(F)F)nc4)c4ccsc4c3-c3c(F)cc(F)cc3OCCOC)nn2CC1C. The third-order valence-corrected chi connectivity index (χ3v) is 8.36. The van der Waals surface area contributed by atoms with Crippen molar-refractivity contribution in [3.63, 3.8) is 0 Å². The number of benzene rings is 1. The number of amides is 1. The number of hydrogen-bond acceptors (Lipinski definition) is 8. The summed E-state index contributed by atoms with van der Waals surface area (Å²) < 4.78 is 70.1. The molecule has 5 aromatic rings. The first-order chi connectivity index (χ1) is 21.7. The zero-order valence-electron chi connectivity index (χ0n) is 24.1. The van der Waals surface area contributed by atoms with Crippen molar-refractivity contribution >= 4 is 27.3 Å². The molecule has 6 rings (SSSR count). The minimum Gasteiger partial charge on any atom is -0.490 e. The van der Waals surface area contributed by atoms with Gasteiger partial charge in [0.05, 0.1) is 36.6 Å². The first kappa shape index (κ1) is 30.3. The van der Waals surface area contributed by atoms with E-state index < -0.39 is 23.9 Å². The number of thiophene rings is 1. The lowest BCUT2D eigenvalue weighted by Gasteiger charge is -2.33. The molecule has 5 heterocycles. The molecule has 232 valence electrons. The lowest BCUT2D eigenvalue weighted by atomic mass is 9.97. The van der Waals surface area contributed by atoms with Gasteiger partial charge < -0.3 is 14.4 Å². The Morgan fingerprint density at radius 3 is 2.64 bits per heavy atom. The highest BCUT2D eigenvalue weighted by Crippen LogP contribution is 2.47. The van der Waals surface area contributed by atoms with Crippen LogP contribution in [0.4, 0.5) is 17.6 Å². The van der Waals surface area contributed by atoms with E-state index in [-0.39, 0.29) is 48.7 Å². The van der Waals surface area contributed by atoms with Crippen LogP contribution in [0.1, 0.15) is 24.9 Å². The number of nitrogens with zero attached hydrogens (tertiary/aromatic N) is 6. The average molecular weight is 639 g/mol. The molecule has 0 N–H and O–H groups in total. The van der Waals surface area contributed by atoms with Crippen molar-refractivity contribution in [1.82, 2.24) is 29.6 Å². The summed E-state index contributed by atoms with van der Waals surface area (Å²) in [6.07, 6.45) is 0.918. The smallest absolute Gasteiger partial charge is 0.297 e. The molecular weight excluding hydrogens is 612 g/mol. The van der Waals surface area contributed by atoms with Crippen LogP contribution in [0, 0.1) is 11.6 Å². The molecule has 0 saturated carbocycles. The zero-order chi connectivity index (χ0) is 31.8. The van der Waals surface area contributed by atoms with Crippen molar-refractivity contribution in [2.45, 2.75) is 32.5 Å². The van der Waals surface area contributed by atoms with Crippen LogP contribution in [0.25, 0.3) is 43.9 Å². The van der Waals surface area contributed by atoms with Crippen LogP contribution in [0.3, 0.4) is 0 Å². The standard InChI is InChI=1S/C31H26F4N6O3S/c1-4-24(42)40-15-19-11-22(39-41(19)14-16(40)2)28-26(25-21(33)9-18(32)10-23(25)44-7-6-43-3)29-20(5-8-45-29)27(38-28)17-12-36-31(30(34)35)37-13-17/h4-5,8-13,16,30H,1,6-7,14-15H2,2-3H3. The topological polar surface area (TPSA) is 95.3 Å². The summed E-state index contributed by atoms with van der Waals surface area (Å²) in [6, 6.07) is 5.21. The van der Waals surface area contributed by atoms with Gasteiger partial charge in [0, 0.05) is 58.9 Å². The van der Waals surface area contributed by atoms with Gasteiger partial charge in [-0.25, -0.2) is 32.5 Å². The van der Waals surface area contributed by atoms with Crippen molar-refractivity contribution in [3.05, 3.63) is 77.8 Å². The first-order valence-corrected chi connectivity index (χ1v) is 14.7. The van der Waals surface area contributed by atoms with Crippen molar-refractivity contribution in [3.8, 4) is 39.5 Å². The number of aromatic nitrogens is 5. The minimum absolute atomic E-state index is 0.0263. The highest BCUT2D eigenvalue weighted by molar-refractivity contribution is 7.18. The largest absolute Gasteiger partial charge is 0.490 e. The van der Waals surface area contributed by atoms with E-state index in [2.05, 4.69) is 16.5 Å². The maximum atomic E-state index is 15.9. The van der Waals surface area contributed by atoms with Crippen molar-refractivity contribution in [2.24, 2.45) is 0 Å². The molecule has 1 atom stereocenters. The van der Waals surface area contributed by atoms with E-state index in [1.54, 1.807) is 27.1 Å². The molecule has 0 spiro atoms. The number of alkyl halides is 2. The molecule has 9 nitrogen and oxygen atoms in total. The second-order valence-corrected chi connectivity index (χ2v) is 11.2. The number of carbonyl (C=O) groups excluding carboxylic acids is 1. The number of ether oxygens (including phenoxy) is 2. The number of carbonyl (C=O) groups is 1. The fraction of sp³-hybridized carbons (Fsp3) is 0.258. The van der Waals surface area contributed by atoms with Crippen LogP contribution < -0.4 is 4.74 Å². The quantitative estimate of drug-likeness (QED) is 0.104. The molecular formula is C31H26F4N6O3S. The fourth-order valence-corrected chi connectivity index (χ4v) is 6.27. The van der Waals surface area contributed by atoms with Gasteiger partial charge in [-0.15, -0.1) is 11.3 Å². The Kier molecular flexibility index (Phi) is 8.34. The summed E-state index contributed by atoms with van der Waals surface area (Å²) in [4.78, 5) is 26.7. The average Bonchev–Trinajstić information content (AvgIpc) is 3.67. The Balaban J connectivity index is 1.61. The number of hydrogen-bond donors (Lipinski definition) is 0. The lowest BCUT2D eigenvalue weighted by Crippen LogP contribution is -2.44.